The summed E-state index contributed by atoms with van der Waals surface area (Å²) in [6.07, 6.45) is 3.66. The Morgan fingerprint density at radius 3 is 3.10 bits per heavy atom. The van der Waals surface area contributed by atoms with E-state index in [1.165, 1.54) is 30.5 Å². The van der Waals surface area contributed by atoms with Crippen molar-refractivity contribution >= 4 is 5.69 Å². The van der Waals surface area contributed by atoms with Crippen molar-refractivity contribution in [2.45, 2.75) is 32.4 Å². The van der Waals surface area contributed by atoms with E-state index in [0.29, 0.717) is 0 Å². The zero-order valence-corrected chi connectivity index (χ0v) is 11.9. The highest BCUT2D eigenvalue weighted by atomic mass is 16.5. The molecule has 0 atom stereocenters. The third kappa shape index (κ3) is 2.85. The maximum atomic E-state index is 5.44. The van der Waals surface area contributed by atoms with Gasteiger partial charge in [0, 0.05) is 24.8 Å². The first-order valence-corrected chi connectivity index (χ1v) is 7.29. The molecule has 1 N–H and O–H groups in total. The van der Waals surface area contributed by atoms with Crippen LogP contribution in [-0.4, -0.2) is 18.7 Å². The predicted molar refractivity (Wildman–Crippen MR) is 79.7 cm³/mol. The van der Waals surface area contributed by atoms with Crippen molar-refractivity contribution in [2.24, 2.45) is 0 Å². The van der Waals surface area contributed by atoms with Gasteiger partial charge in [-0.05, 0) is 37.9 Å². The van der Waals surface area contributed by atoms with Gasteiger partial charge in [-0.3, -0.25) is 0 Å². The first-order valence-electron chi connectivity index (χ1n) is 7.29. The van der Waals surface area contributed by atoms with E-state index in [1.54, 1.807) is 0 Å². The standard InChI is InChI=1S/C16H21N3O/c1-17-11-14-10-15(20-18-14)12-19-9-5-4-7-13-6-2-3-8-16(13)19/h2-3,6,8,10,17H,4-5,7,9,11-12H2,1H3. The highest BCUT2D eigenvalue weighted by molar-refractivity contribution is 5.54. The van der Waals surface area contributed by atoms with E-state index in [1.807, 2.05) is 13.1 Å². The van der Waals surface area contributed by atoms with Crippen molar-refractivity contribution < 1.29 is 4.52 Å². The van der Waals surface area contributed by atoms with Gasteiger partial charge in [-0.1, -0.05) is 23.4 Å². The highest BCUT2D eigenvalue weighted by Gasteiger charge is 2.16. The average molecular weight is 271 g/mol. The molecule has 0 spiro atoms. The molecule has 1 aliphatic rings. The first kappa shape index (κ1) is 13.2. The third-order valence-corrected chi connectivity index (χ3v) is 3.77. The minimum atomic E-state index is 0.750. The number of fused-ring (bicyclic) bond motifs is 1. The summed E-state index contributed by atoms with van der Waals surface area (Å²) >= 11 is 0. The third-order valence-electron chi connectivity index (χ3n) is 3.77. The van der Waals surface area contributed by atoms with Crippen LogP contribution >= 0.6 is 0 Å². The SMILES string of the molecule is CNCc1cc(CN2CCCCc3ccccc32)on1. The van der Waals surface area contributed by atoms with Gasteiger partial charge in [-0.15, -0.1) is 0 Å². The molecule has 1 aromatic heterocycles. The topological polar surface area (TPSA) is 41.3 Å². The van der Waals surface area contributed by atoms with Crippen LogP contribution in [0.5, 0.6) is 0 Å². The smallest absolute Gasteiger partial charge is 0.156 e. The number of benzene rings is 1. The fourth-order valence-electron chi connectivity index (χ4n) is 2.82. The molecule has 0 saturated heterocycles. The zero-order chi connectivity index (χ0) is 13.8. The lowest BCUT2D eigenvalue weighted by Crippen LogP contribution is -2.23. The Balaban J connectivity index is 1.79. The van der Waals surface area contributed by atoms with Crippen molar-refractivity contribution in [1.82, 2.24) is 10.5 Å². The number of para-hydroxylation sites is 1. The molecule has 1 aliphatic heterocycles. The Kier molecular flexibility index (Phi) is 4.02. The number of hydrogen-bond donors (Lipinski definition) is 1. The Labute approximate surface area is 119 Å². The Morgan fingerprint density at radius 2 is 2.20 bits per heavy atom. The summed E-state index contributed by atoms with van der Waals surface area (Å²) < 4.78 is 5.44. The molecule has 0 amide bonds. The molecule has 4 heteroatoms. The second-order valence-corrected chi connectivity index (χ2v) is 5.32. The van der Waals surface area contributed by atoms with Crippen LogP contribution in [0.2, 0.25) is 0 Å². The largest absolute Gasteiger partial charge is 0.364 e. The molecule has 0 radical (unpaired) electrons. The van der Waals surface area contributed by atoms with Gasteiger partial charge in [0.25, 0.3) is 0 Å². The molecule has 1 aromatic carbocycles. The molecule has 4 nitrogen and oxygen atoms in total. The molecule has 2 aromatic rings. The van der Waals surface area contributed by atoms with Crippen molar-refractivity contribution in [3.8, 4) is 0 Å². The molecule has 0 bridgehead atoms. The fourth-order valence-corrected chi connectivity index (χ4v) is 2.82. The molecule has 0 fully saturated rings. The van der Waals surface area contributed by atoms with Gasteiger partial charge >= 0.3 is 0 Å². The van der Waals surface area contributed by atoms with E-state index < -0.39 is 0 Å². The minimum absolute atomic E-state index is 0.750. The minimum Gasteiger partial charge on any atom is -0.364 e. The van der Waals surface area contributed by atoms with Crippen LogP contribution < -0.4 is 10.2 Å². The number of nitrogens with zero attached hydrogens (tertiary/aromatic N) is 2. The number of nitrogens with one attached hydrogen (secondary N) is 1. The van der Waals surface area contributed by atoms with E-state index in [-0.39, 0.29) is 0 Å². The van der Waals surface area contributed by atoms with Gasteiger partial charge in [0.15, 0.2) is 5.76 Å². The monoisotopic (exact) mass is 271 g/mol. The van der Waals surface area contributed by atoms with Crippen molar-refractivity contribution in [3.05, 3.63) is 47.3 Å². The summed E-state index contributed by atoms with van der Waals surface area (Å²) in [6, 6.07) is 10.7. The van der Waals surface area contributed by atoms with Crippen LogP contribution in [0.25, 0.3) is 0 Å². The lowest BCUT2D eigenvalue weighted by atomic mass is 10.1. The molecular weight excluding hydrogens is 250 g/mol. The maximum absolute atomic E-state index is 5.44. The maximum Gasteiger partial charge on any atom is 0.156 e. The van der Waals surface area contributed by atoms with E-state index in [4.69, 9.17) is 4.52 Å². The summed E-state index contributed by atoms with van der Waals surface area (Å²) in [5.74, 6) is 0.937. The molecule has 0 saturated carbocycles. The second kappa shape index (κ2) is 6.09. The van der Waals surface area contributed by atoms with Crippen LogP contribution in [0.1, 0.15) is 29.9 Å². The zero-order valence-electron chi connectivity index (χ0n) is 11.9. The summed E-state index contributed by atoms with van der Waals surface area (Å²) in [7, 11) is 1.92. The number of rotatable bonds is 4. The predicted octanol–water partition coefficient (Wildman–Crippen LogP) is 2.74. The summed E-state index contributed by atoms with van der Waals surface area (Å²) in [4.78, 5) is 2.41. The number of anilines is 1. The molecule has 20 heavy (non-hydrogen) atoms. The Morgan fingerprint density at radius 1 is 1.30 bits per heavy atom. The van der Waals surface area contributed by atoms with Gasteiger partial charge < -0.3 is 14.7 Å². The lowest BCUT2D eigenvalue weighted by molar-refractivity contribution is 0.374. The highest BCUT2D eigenvalue weighted by Crippen LogP contribution is 2.27. The fraction of sp³-hybridized carbons (Fsp3) is 0.438. The summed E-state index contributed by atoms with van der Waals surface area (Å²) in [5, 5.41) is 7.18. The molecular formula is C16H21N3O. The quantitative estimate of drug-likeness (QED) is 0.928. The molecule has 0 unspecified atom stereocenters. The number of aromatic nitrogens is 1. The Bertz CT molecular complexity index is 564. The summed E-state index contributed by atoms with van der Waals surface area (Å²) in [6.45, 7) is 2.63. The normalized spacial score (nSPS) is 14.9. The van der Waals surface area contributed by atoms with Gasteiger partial charge in [-0.2, -0.15) is 0 Å². The van der Waals surface area contributed by atoms with Crippen molar-refractivity contribution in [1.29, 1.82) is 0 Å². The number of aryl methyl sites for hydroxylation is 1. The molecule has 106 valence electrons. The van der Waals surface area contributed by atoms with Gasteiger partial charge in [-0.25, -0.2) is 0 Å². The van der Waals surface area contributed by atoms with Gasteiger partial charge in [0.1, 0.15) is 0 Å². The number of hydrogen-bond acceptors (Lipinski definition) is 4. The summed E-state index contributed by atoms with van der Waals surface area (Å²) in [5.41, 5.74) is 3.75. The van der Waals surface area contributed by atoms with Crippen LogP contribution in [-0.2, 0) is 19.5 Å². The van der Waals surface area contributed by atoms with Gasteiger partial charge in [0.05, 0.1) is 12.2 Å². The molecule has 0 aliphatic carbocycles. The Hall–Kier alpha value is -1.81. The van der Waals surface area contributed by atoms with Gasteiger partial charge in [0.2, 0.25) is 0 Å². The van der Waals surface area contributed by atoms with E-state index in [9.17, 15) is 0 Å². The average Bonchev–Trinajstić information content (AvgIpc) is 2.80. The second-order valence-electron chi connectivity index (χ2n) is 5.32. The van der Waals surface area contributed by atoms with E-state index in [2.05, 4.69) is 39.6 Å². The van der Waals surface area contributed by atoms with E-state index in [0.717, 1.165) is 31.1 Å². The molecule has 2 heterocycles. The van der Waals surface area contributed by atoms with Crippen molar-refractivity contribution in [3.63, 3.8) is 0 Å². The van der Waals surface area contributed by atoms with E-state index >= 15 is 0 Å². The van der Waals surface area contributed by atoms with Crippen molar-refractivity contribution in [2.75, 3.05) is 18.5 Å². The van der Waals surface area contributed by atoms with Crippen LogP contribution in [0.3, 0.4) is 0 Å². The lowest BCUT2D eigenvalue weighted by Gasteiger charge is -2.23. The van der Waals surface area contributed by atoms with Crippen LogP contribution in [0.4, 0.5) is 5.69 Å². The van der Waals surface area contributed by atoms with Crippen LogP contribution in [0.15, 0.2) is 34.9 Å². The van der Waals surface area contributed by atoms with Crippen LogP contribution in [0, 0.1) is 0 Å². The molecule has 3 rings (SSSR count). The first-order chi connectivity index (χ1) is 9.86.